The summed E-state index contributed by atoms with van der Waals surface area (Å²) in [7, 11) is 3.65. The van der Waals surface area contributed by atoms with E-state index in [1.165, 1.54) is 0 Å². The Labute approximate surface area is 150 Å². The van der Waals surface area contributed by atoms with Crippen molar-refractivity contribution in [1.29, 1.82) is 0 Å². The van der Waals surface area contributed by atoms with Gasteiger partial charge in [0.05, 0.1) is 11.4 Å². The molecule has 1 amide bonds. The predicted molar refractivity (Wildman–Crippen MR) is 96.7 cm³/mol. The van der Waals surface area contributed by atoms with Crippen LogP contribution in [0.5, 0.6) is 0 Å². The van der Waals surface area contributed by atoms with Gasteiger partial charge in [0.1, 0.15) is 11.0 Å². The summed E-state index contributed by atoms with van der Waals surface area (Å²) in [5.74, 6) is 0.507. The fourth-order valence-corrected chi connectivity index (χ4v) is 3.89. The zero-order valence-electron chi connectivity index (χ0n) is 14.2. The van der Waals surface area contributed by atoms with E-state index in [1.54, 1.807) is 9.36 Å². The van der Waals surface area contributed by atoms with Gasteiger partial charge in [0.25, 0.3) is 0 Å². The Kier molecular flexibility index (Phi) is 3.65. The molecule has 1 atom stereocenters. The lowest BCUT2D eigenvalue weighted by Gasteiger charge is -2.24. The molecule has 1 N–H and O–H groups in total. The number of aromatic nitrogens is 4. The maximum Gasteiger partial charge on any atom is 0.226 e. The molecule has 25 heavy (non-hydrogen) atoms. The van der Waals surface area contributed by atoms with Crippen LogP contribution in [-0.4, -0.2) is 25.5 Å². The minimum absolute atomic E-state index is 0.0422. The summed E-state index contributed by atoms with van der Waals surface area (Å²) in [6, 6.07) is 9.98. The molecule has 0 bridgehead atoms. The second-order valence-corrected chi connectivity index (χ2v) is 6.68. The number of amides is 1. The highest BCUT2D eigenvalue weighted by molar-refractivity contribution is 6.30. The largest absolute Gasteiger partial charge is 0.311 e. The first-order valence-electron chi connectivity index (χ1n) is 8.08. The van der Waals surface area contributed by atoms with Crippen molar-refractivity contribution in [3.05, 3.63) is 52.3 Å². The molecule has 0 saturated heterocycles. The van der Waals surface area contributed by atoms with Gasteiger partial charge in [0.2, 0.25) is 5.91 Å². The van der Waals surface area contributed by atoms with Crippen LogP contribution in [0.15, 0.2) is 30.3 Å². The fourth-order valence-electron chi connectivity index (χ4n) is 3.59. The van der Waals surface area contributed by atoms with E-state index in [1.807, 2.05) is 51.4 Å². The standard InChI is InChI=1S/C18H18ClN5O/c1-10-14(17(19)23(2)21-10)12-9-13(25)20-18-15(12)16(22-24(18)3)11-7-5-4-6-8-11/h4-8,12H,9H2,1-3H3,(H,20,25)/t12-/m1/s1. The van der Waals surface area contributed by atoms with Gasteiger partial charge < -0.3 is 5.32 Å². The maximum atomic E-state index is 12.3. The number of nitrogens with one attached hydrogen (secondary N) is 1. The Morgan fingerprint density at radius 1 is 1.12 bits per heavy atom. The Balaban J connectivity index is 1.98. The number of benzene rings is 1. The van der Waals surface area contributed by atoms with Crippen molar-refractivity contribution in [2.24, 2.45) is 14.1 Å². The van der Waals surface area contributed by atoms with E-state index < -0.39 is 0 Å². The first kappa shape index (κ1) is 15.9. The summed E-state index contributed by atoms with van der Waals surface area (Å²) in [4.78, 5) is 12.3. The van der Waals surface area contributed by atoms with E-state index in [0.717, 1.165) is 33.9 Å². The van der Waals surface area contributed by atoms with Gasteiger partial charge in [-0.05, 0) is 6.92 Å². The van der Waals surface area contributed by atoms with Gasteiger partial charge in [-0.15, -0.1) is 0 Å². The molecule has 0 aliphatic carbocycles. The summed E-state index contributed by atoms with van der Waals surface area (Å²) in [5, 5.41) is 12.6. The van der Waals surface area contributed by atoms with E-state index in [9.17, 15) is 4.79 Å². The number of halogens is 1. The van der Waals surface area contributed by atoms with Crippen LogP contribution in [-0.2, 0) is 18.9 Å². The molecule has 1 aliphatic rings. The third kappa shape index (κ3) is 2.44. The van der Waals surface area contributed by atoms with Crippen molar-refractivity contribution in [1.82, 2.24) is 19.6 Å². The number of nitrogens with zero attached hydrogens (tertiary/aromatic N) is 4. The molecule has 1 aromatic carbocycles. The van der Waals surface area contributed by atoms with E-state index in [4.69, 9.17) is 11.6 Å². The molecule has 6 nitrogen and oxygen atoms in total. The molecule has 128 valence electrons. The van der Waals surface area contributed by atoms with Crippen LogP contribution in [0.4, 0.5) is 5.82 Å². The van der Waals surface area contributed by atoms with Gasteiger partial charge in [0, 0.05) is 43.1 Å². The van der Waals surface area contributed by atoms with Crippen molar-refractivity contribution >= 4 is 23.3 Å². The number of fused-ring (bicyclic) bond motifs is 1. The second kappa shape index (κ2) is 5.74. The number of anilines is 1. The molecule has 0 unspecified atom stereocenters. The van der Waals surface area contributed by atoms with Crippen molar-refractivity contribution in [2.75, 3.05) is 5.32 Å². The smallest absolute Gasteiger partial charge is 0.226 e. The van der Waals surface area contributed by atoms with Gasteiger partial charge in [-0.25, -0.2) is 0 Å². The predicted octanol–water partition coefficient (Wildman–Crippen LogP) is 3.26. The first-order chi connectivity index (χ1) is 12.0. The van der Waals surface area contributed by atoms with Crippen LogP contribution in [0.3, 0.4) is 0 Å². The Bertz CT molecular complexity index is 973. The average Bonchev–Trinajstić information content (AvgIpc) is 3.05. The van der Waals surface area contributed by atoms with Gasteiger partial charge >= 0.3 is 0 Å². The highest BCUT2D eigenvalue weighted by atomic mass is 35.5. The lowest BCUT2D eigenvalue weighted by atomic mass is 9.84. The summed E-state index contributed by atoms with van der Waals surface area (Å²) < 4.78 is 3.37. The van der Waals surface area contributed by atoms with Crippen LogP contribution >= 0.6 is 11.6 Å². The molecule has 0 saturated carbocycles. The molecule has 0 fully saturated rings. The molecule has 2 aromatic heterocycles. The molecule has 1 aliphatic heterocycles. The van der Waals surface area contributed by atoms with Crippen LogP contribution in [0.1, 0.15) is 29.2 Å². The Hall–Kier alpha value is -2.60. The fraction of sp³-hybridized carbons (Fsp3) is 0.278. The number of carbonyl (C=O) groups is 1. The quantitative estimate of drug-likeness (QED) is 0.767. The lowest BCUT2D eigenvalue weighted by molar-refractivity contribution is -0.116. The zero-order valence-corrected chi connectivity index (χ0v) is 15.0. The Morgan fingerprint density at radius 3 is 2.48 bits per heavy atom. The highest BCUT2D eigenvalue weighted by Gasteiger charge is 2.36. The lowest BCUT2D eigenvalue weighted by Crippen LogP contribution is -2.25. The molecular weight excluding hydrogens is 338 g/mol. The van der Waals surface area contributed by atoms with E-state index in [2.05, 4.69) is 15.5 Å². The van der Waals surface area contributed by atoms with Crippen LogP contribution < -0.4 is 5.32 Å². The van der Waals surface area contributed by atoms with Crippen LogP contribution in [0.25, 0.3) is 11.3 Å². The van der Waals surface area contributed by atoms with Crippen molar-refractivity contribution in [3.63, 3.8) is 0 Å². The summed E-state index contributed by atoms with van der Waals surface area (Å²) in [6.07, 6.45) is 0.324. The van der Waals surface area contributed by atoms with Gasteiger partial charge in [-0.1, -0.05) is 41.9 Å². The number of rotatable bonds is 2. The van der Waals surface area contributed by atoms with E-state index >= 15 is 0 Å². The monoisotopic (exact) mass is 355 g/mol. The SMILES string of the molecule is Cc1nn(C)c(Cl)c1[C@H]1CC(=O)Nc2c1c(-c1ccccc1)nn2C. The highest BCUT2D eigenvalue weighted by Crippen LogP contribution is 2.45. The number of hydrogen-bond donors (Lipinski definition) is 1. The van der Waals surface area contributed by atoms with Gasteiger partial charge in [-0.3, -0.25) is 14.2 Å². The summed E-state index contributed by atoms with van der Waals surface area (Å²) in [6.45, 7) is 1.92. The first-order valence-corrected chi connectivity index (χ1v) is 8.46. The molecule has 0 spiro atoms. The number of hydrogen-bond acceptors (Lipinski definition) is 3. The van der Waals surface area contributed by atoms with Gasteiger partial charge in [-0.2, -0.15) is 10.2 Å². The Morgan fingerprint density at radius 2 is 1.84 bits per heavy atom. The molecule has 3 heterocycles. The van der Waals surface area contributed by atoms with E-state index in [0.29, 0.717) is 11.6 Å². The molecule has 3 aromatic rings. The average molecular weight is 356 g/mol. The second-order valence-electron chi connectivity index (χ2n) is 6.32. The van der Waals surface area contributed by atoms with Crippen LogP contribution in [0, 0.1) is 6.92 Å². The van der Waals surface area contributed by atoms with Crippen LogP contribution in [0.2, 0.25) is 5.15 Å². The molecule has 4 rings (SSSR count). The maximum absolute atomic E-state index is 12.3. The van der Waals surface area contributed by atoms with Crippen molar-refractivity contribution < 1.29 is 4.79 Å². The number of aryl methyl sites for hydroxylation is 3. The normalized spacial score (nSPS) is 16.6. The summed E-state index contributed by atoms with van der Waals surface area (Å²) in [5.41, 5.74) is 4.60. The molecule has 0 radical (unpaired) electrons. The molecular formula is C18H18ClN5O. The van der Waals surface area contributed by atoms with Gasteiger partial charge in [0.15, 0.2) is 0 Å². The third-order valence-electron chi connectivity index (χ3n) is 4.67. The van der Waals surface area contributed by atoms with Crippen molar-refractivity contribution in [3.8, 4) is 11.3 Å². The minimum Gasteiger partial charge on any atom is -0.311 e. The van der Waals surface area contributed by atoms with E-state index in [-0.39, 0.29) is 11.8 Å². The van der Waals surface area contributed by atoms with Crippen molar-refractivity contribution in [2.45, 2.75) is 19.3 Å². The summed E-state index contributed by atoms with van der Waals surface area (Å²) >= 11 is 6.51. The number of carbonyl (C=O) groups excluding carboxylic acids is 1. The third-order valence-corrected chi connectivity index (χ3v) is 5.12. The topological polar surface area (TPSA) is 64.7 Å². The zero-order chi connectivity index (χ0) is 17.7. The minimum atomic E-state index is -0.172. The molecule has 7 heteroatoms.